The van der Waals surface area contributed by atoms with Crippen LogP contribution in [0.3, 0.4) is 0 Å². The van der Waals surface area contributed by atoms with E-state index < -0.39 is 12.0 Å². The summed E-state index contributed by atoms with van der Waals surface area (Å²) in [7, 11) is 1.75. The minimum atomic E-state index is -0.868. The molecule has 0 aliphatic carbocycles. The number of halogens is 1. The molecule has 0 saturated heterocycles. The first-order chi connectivity index (χ1) is 14.4. The molecule has 156 valence electrons. The molecule has 0 aliphatic heterocycles. The minimum Gasteiger partial charge on any atom is -0.491 e. The smallest absolute Gasteiger partial charge is 0.320 e. The highest BCUT2D eigenvalue weighted by Gasteiger charge is 2.16. The average Bonchev–Trinajstić information content (AvgIpc) is 2.74. The van der Waals surface area contributed by atoms with Gasteiger partial charge in [-0.15, -0.1) is 0 Å². The Balaban J connectivity index is 1.81. The predicted octanol–water partition coefficient (Wildman–Crippen LogP) is 5.43. The van der Waals surface area contributed by atoms with E-state index in [0.717, 1.165) is 20.9 Å². The molecule has 0 aromatic heterocycles. The van der Waals surface area contributed by atoms with E-state index in [1.165, 1.54) is 23.9 Å². The van der Waals surface area contributed by atoms with Crippen LogP contribution in [0.5, 0.6) is 5.75 Å². The Morgan fingerprint density at radius 2 is 1.83 bits per heavy atom. The number of carboxylic acids is 1. The molecular formula is C24H24FNO3S. The Labute approximate surface area is 180 Å². The van der Waals surface area contributed by atoms with Crippen LogP contribution in [-0.2, 0) is 4.79 Å². The summed E-state index contributed by atoms with van der Waals surface area (Å²) in [6.07, 6.45) is 0. The molecule has 0 bridgehead atoms. The van der Waals surface area contributed by atoms with Crippen molar-refractivity contribution < 1.29 is 19.0 Å². The molecule has 0 aliphatic rings. The summed E-state index contributed by atoms with van der Waals surface area (Å²) in [5.41, 5.74) is 2.12. The summed E-state index contributed by atoms with van der Waals surface area (Å²) >= 11 is 1.43. The maximum Gasteiger partial charge on any atom is 0.320 e. The zero-order valence-electron chi connectivity index (χ0n) is 16.9. The molecule has 0 amide bonds. The highest BCUT2D eigenvalue weighted by Crippen LogP contribution is 2.38. The molecule has 4 nitrogen and oxygen atoms in total. The number of carbonyl (C=O) groups is 1. The van der Waals surface area contributed by atoms with Crippen molar-refractivity contribution in [2.75, 3.05) is 20.2 Å². The highest BCUT2D eigenvalue weighted by atomic mass is 32.2. The number of carboxylic acid groups (broad SMARTS) is 1. The van der Waals surface area contributed by atoms with Crippen LogP contribution < -0.4 is 4.74 Å². The van der Waals surface area contributed by atoms with Crippen LogP contribution in [0.25, 0.3) is 11.1 Å². The van der Waals surface area contributed by atoms with Crippen LogP contribution in [-0.4, -0.2) is 42.2 Å². The third-order valence-corrected chi connectivity index (χ3v) is 5.82. The van der Waals surface area contributed by atoms with Crippen molar-refractivity contribution in [3.8, 4) is 16.9 Å². The second-order valence-corrected chi connectivity index (χ2v) is 8.05. The number of likely N-dealkylation sites (N-methyl/N-ethyl adjacent to an activating group) is 1. The van der Waals surface area contributed by atoms with Gasteiger partial charge in [0.25, 0.3) is 0 Å². The van der Waals surface area contributed by atoms with Crippen LogP contribution >= 0.6 is 11.8 Å². The van der Waals surface area contributed by atoms with E-state index in [0.29, 0.717) is 18.9 Å². The van der Waals surface area contributed by atoms with Gasteiger partial charge >= 0.3 is 5.97 Å². The number of aliphatic carboxylic acids is 1. The molecule has 0 heterocycles. The lowest BCUT2D eigenvalue weighted by Crippen LogP contribution is -2.38. The Bertz CT molecular complexity index is 997. The standard InChI is InChI=1S/C24H24FNO3S/c1-17(24(27)28)26(2)13-14-29-22-12-11-19(18-7-4-3-5-8-18)15-23(22)30-21-10-6-9-20(25)16-21/h3-12,15-17H,13-14H2,1-2H3,(H,27,28)/t17-/m0/s1. The van der Waals surface area contributed by atoms with Gasteiger partial charge in [0.15, 0.2) is 0 Å². The van der Waals surface area contributed by atoms with Gasteiger partial charge in [-0.2, -0.15) is 0 Å². The van der Waals surface area contributed by atoms with Crippen molar-refractivity contribution in [3.05, 3.63) is 78.6 Å². The molecule has 3 aromatic rings. The predicted molar refractivity (Wildman–Crippen MR) is 118 cm³/mol. The summed E-state index contributed by atoms with van der Waals surface area (Å²) in [5.74, 6) is -0.474. The molecule has 1 atom stereocenters. The third kappa shape index (κ3) is 5.84. The molecule has 0 saturated carbocycles. The molecule has 6 heteroatoms. The van der Waals surface area contributed by atoms with E-state index in [2.05, 4.69) is 0 Å². The van der Waals surface area contributed by atoms with Crippen molar-refractivity contribution in [3.63, 3.8) is 0 Å². The number of benzene rings is 3. The maximum absolute atomic E-state index is 13.6. The normalized spacial score (nSPS) is 12.0. The van der Waals surface area contributed by atoms with Crippen LogP contribution in [0.15, 0.2) is 82.6 Å². The van der Waals surface area contributed by atoms with Crippen LogP contribution in [0, 0.1) is 5.82 Å². The Kier molecular flexibility index (Phi) is 7.49. The molecule has 0 unspecified atom stereocenters. The summed E-state index contributed by atoms with van der Waals surface area (Å²) in [4.78, 5) is 14.5. The third-order valence-electron chi connectivity index (χ3n) is 4.79. The van der Waals surface area contributed by atoms with Crippen molar-refractivity contribution in [1.29, 1.82) is 0 Å². The van der Waals surface area contributed by atoms with Gasteiger partial charge in [-0.05, 0) is 55.4 Å². The summed E-state index contributed by atoms with van der Waals surface area (Å²) < 4.78 is 19.6. The number of hydrogen-bond donors (Lipinski definition) is 1. The molecular weight excluding hydrogens is 401 g/mol. The fourth-order valence-corrected chi connectivity index (χ4v) is 3.84. The van der Waals surface area contributed by atoms with Crippen molar-refractivity contribution in [1.82, 2.24) is 4.90 Å². The first-order valence-electron chi connectivity index (χ1n) is 9.63. The highest BCUT2D eigenvalue weighted by molar-refractivity contribution is 7.99. The lowest BCUT2D eigenvalue weighted by molar-refractivity contribution is -0.142. The fourth-order valence-electron chi connectivity index (χ4n) is 2.86. The molecule has 0 spiro atoms. The van der Waals surface area contributed by atoms with Gasteiger partial charge in [0.1, 0.15) is 24.2 Å². The number of ether oxygens (including phenoxy) is 1. The summed E-state index contributed by atoms with van der Waals surface area (Å²) in [5, 5.41) is 9.12. The molecule has 1 N–H and O–H groups in total. The van der Waals surface area contributed by atoms with Gasteiger partial charge in [0.05, 0.1) is 4.90 Å². The lowest BCUT2D eigenvalue weighted by atomic mass is 10.1. The van der Waals surface area contributed by atoms with Crippen molar-refractivity contribution in [2.45, 2.75) is 22.8 Å². The summed E-state index contributed by atoms with van der Waals surface area (Å²) in [6.45, 7) is 2.45. The first-order valence-corrected chi connectivity index (χ1v) is 10.4. The largest absolute Gasteiger partial charge is 0.491 e. The van der Waals surface area contributed by atoms with Gasteiger partial charge in [-0.3, -0.25) is 9.69 Å². The van der Waals surface area contributed by atoms with Crippen LogP contribution in [0.1, 0.15) is 6.92 Å². The second-order valence-electron chi connectivity index (χ2n) is 6.93. The fraction of sp³-hybridized carbons (Fsp3) is 0.208. The first kappa shape index (κ1) is 21.9. The maximum atomic E-state index is 13.6. The molecule has 0 fully saturated rings. The van der Waals surface area contributed by atoms with Crippen LogP contribution in [0.4, 0.5) is 4.39 Å². The van der Waals surface area contributed by atoms with Gasteiger partial charge in [0, 0.05) is 11.4 Å². The van der Waals surface area contributed by atoms with E-state index in [1.807, 2.05) is 54.6 Å². The average molecular weight is 426 g/mol. The quantitative estimate of drug-likeness (QED) is 0.496. The molecule has 0 radical (unpaired) electrons. The van der Waals surface area contributed by atoms with Crippen molar-refractivity contribution >= 4 is 17.7 Å². The SMILES string of the molecule is C[C@@H](C(=O)O)N(C)CCOc1ccc(-c2ccccc2)cc1Sc1cccc(F)c1. The second kappa shape index (κ2) is 10.3. The van der Waals surface area contributed by atoms with Crippen molar-refractivity contribution in [2.24, 2.45) is 0 Å². The van der Waals surface area contributed by atoms with E-state index in [1.54, 1.807) is 24.9 Å². The minimum absolute atomic E-state index is 0.286. The van der Waals surface area contributed by atoms with E-state index in [-0.39, 0.29) is 5.82 Å². The van der Waals surface area contributed by atoms with Gasteiger partial charge in [0.2, 0.25) is 0 Å². The summed E-state index contributed by atoms with van der Waals surface area (Å²) in [6, 6.07) is 21.8. The molecule has 3 aromatic carbocycles. The van der Waals surface area contributed by atoms with E-state index >= 15 is 0 Å². The molecule has 30 heavy (non-hydrogen) atoms. The Morgan fingerprint density at radius 1 is 1.07 bits per heavy atom. The van der Waals surface area contributed by atoms with Gasteiger partial charge in [-0.25, -0.2) is 4.39 Å². The lowest BCUT2D eigenvalue weighted by Gasteiger charge is -2.21. The van der Waals surface area contributed by atoms with Gasteiger partial charge < -0.3 is 9.84 Å². The number of rotatable bonds is 9. The van der Waals surface area contributed by atoms with E-state index in [9.17, 15) is 9.18 Å². The van der Waals surface area contributed by atoms with Gasteiger partial charge in [-0.1, -0.05) is 54.2 Å². The zero-order valence-corrected chi connectivity index (χ0v) is 17.7. The van der Waals surface area contributed by atoms with E-state index in [4.69, 9.17) is 9.84 Å². The Morgan fingerprint density at radius 3 is 2.53 bits per heavy atom. The monoisotopic (exact) mass is 425 g/mol. The number of hydrogen-bond acceptors (Lipinski definition) is 4. The zero-order chi connectivity index (χ0) is 21.5. The molecule has 3 rings (SSSR count). The van der Waals surface area contributed by atoms with Crippen LogP contribution in [0.2, 0.25) is 0 Å². The number of nitrogens with zero attached hydrogens (tertiary/aromatic N) is 1. The topological polar surface area (TPSA) is 49.8 Å². The Hall–Kier alpha value is -2.83.